The van der Waals surface area contributed by atoms with E-state index in [1.165, 1.54) is 11.1 Å². The number of nitrogens with zero attached hydrogens (tertiary/aromatic N) is 5. The van der Waals surface area contributed by atoms with Crippen LogP contribution in [0.25, 0.3) is 11.2 Å². The standard InChI is InChI=1S/C16H19N5/c1-4-12-6-5-7-13(8-12)9-21-11-19-14-15(20(2)3)17-10-18-16(14)21/h5-8,10-11H,4,9H2,1-3H3. The number of anilines is 1. The van der Waals surface area contributed by atoms with Crippen LogP contribution < -0.4 is 4.90 Å². The molecule has 21 heavy (non-hydrogen) atoms. The van der Waals surface area contributed by atoms with Gasteiger partial charge < -0.3 is 9.47 Å². The smallest absolute Gasteiger partial charge is 0.165 e. The Kier molecular flexibility index (Phi) is 3.56. The number of rotatable bonds is 4. The summed E-state index contributed by atoms with van der Waals surface area (Å²) < 4.78 is 2.07. The number of hydrogen-bond donors (Lipinski definition) is 0. The van der Waals surface area contributed by atoms with Crippen LogP contribution in [0.2, 0.25) is 0 Å². The fourth-order valence-electron chi connectivity index (χ4n) is 2.46. The third-order valence-corrected chi connectivity index (χ3v) is 3.56. The maximum absolute atomic E-state index is 4.47. The molecule has 2 aromatic heterocycles. The van der Waals surface area contributed by atoms with Gasteiger partial charge in [0.2, 0.25) is 0 Å². The molecule has 3 aromatic rings. The molecule has 0 aliphatic rings. The van der Waals surface area contributed by atoms with Crippen molar-refractivity contribution < 1.29 is 0 Å². The minimum atomic E-state index is 0.772. The highest BCUT2D eigenvalue weighted by atomic mass is 15.2. The summed E-state index contributed by atoms with van der Waals surface area (Å²) in [5.74, 6) is 0.848. The molecule has 0 aliphatic heterocycles. The molecule has 0 aliphatic carbocycles. The van der Waals surface area contributed by atoms with Crippen molar-refractivity contribution in [3.8, 4) is 0 Å². The van der Waals surface area contributed by atoms with Gasteiger partial charge in [-0.3, -0.25) is 0 Å². The average molecular weight is 281 g/mol. The maximum Gasteiger partial charge on any atom is 0.165 e. The second-order valence-corrected chi connectivity index (χ2v) is 5.31. The summed E-state index contributed by atoms with van der Waals surface area (Å²) >= 11 is 0. The number of benzene rings is 1. The van der Waals surface area contributed by atoms with Crippen LogP contribution in [0, 0.1) is 0 Å². The third kappa shape index (κ3) is 2.59. The molecule has 5 nitrogen and oxygen atoms in total. The van der Waals surface area contributed by atoms with Gasteiger partial charge in [-0.2, -0.15) is 0 Å². The van der Waals surface area contributed by atoms with Crippen molar-refractivity contribution in [3.05, 3.63) is 48.0 Å². The highest BCUT2D eigenvalue weighted by Gasteiger charge is 2.11. The first-order valence-electron chi connectivity index (χ1n) is 7.10. The molecule has 3 rings (SSSR count). The fraction of sp³-hybridized carbons (Fsp3) is 0.312. The first-order valence-corrected chi connectivity index (χ1v) is 7.10. The summed E-state index contributed by atoms with van der Waals surface area (Å²) in [7, 11) is 3.93. The molecule has 0 amide bonds. The van der Waals surface area contributed by atoms with E-state index >= 15 is 0 Å². The number of fused-ring (bicyclic) bond motifs is 1. The Morgan fingerprint density at radius 2 is 1.90 bits per heavy atom. The molecule has 2 heterocycles. The highest BCUT2D eigenvalue weighted by molar-refractivity contribution is 5.83. The first kappa shape index (κ1) is 13.5. The molecule has 0 radical (unpaired) electrons. The lowest BCUT2D eigenvalue weighted by molar-refractivity contribution is 0.811. The number of aryl methyl sites for hydroxylation is 1. The van der Waals surface area contributed by atoms with Gasteiger partial charge in [0.25, 0.3) is 0 Å². The zero-order valence-electron chi connectivity index (χ0n) is 12.6. The minimum absolute atomic E-state index is 0.772. The van der Waals surface area contributed by atoms with Gasteiger partial charge in [0.15, 0.2) is 17.0 Å². The van der Waals surface area contributed by atoms with E-state index in [0.717, 1.165) is 29.9 Å². The lowest BCUT2D eigenvalue weighted by atomic mass is 10.1. The molecule has 5 heteroatoms. The largest absolute Gasteiger partial charge is 0.361 e. The normalized spacial score (nSPS) is 11.0. The Bertz CT molecular complexity index is 760. The van der Waals surface area contributed by atoms with Crippen molar-refractivity contribution >= 4 is 17.0 Å². The molecule has 0 N–H and O–H groups in total. The topological polar surface area (TPSA) is 46.8 Å². The SMILES string of the molecule is CCc1cccc(Cn2cnc3c(N(C)C)ncnc32)c1. The van der Waals surface area contributed by atoms with Crippen LogP contribution in [0.3, 0.4) is 0 Å². The molecule has 1 aromatic carbocycles. The Hall–Kier alpha value is -2.43. The fourth-order valence-corrected chi connectivity index (χ4v) is 2.46. The molecule has 0 spiro atoms. The van der Waals surface area contributed by atoms with Crippen LogP contribution in [0.5, 0.6) is 0 Å². The average Bonchev–Trinajstić information content (AvgIpc) is 2.90. The summed E-state index contributed by atoms with van der Waals surface area (Å²) in [5.41, 5.74) is 4.32. The second-order valence-electron chi connectivity index (χ2n) is 5.31. The van der Waals surface area contributed by atoms with Crippen LogP contribution >= 0.6 is 0 Å². The van der Waals surface area contributed by atoms with Gasteiger partial charge in [-0.15, -0.1) is 0 Å². The quantitative estimate of drug-likeness (QED) is 0.737. The molecule has 0 atom stereocenters. The third-order valence-electron chi connectivity index (χ3n) is 3.56. The van der Waals surface area contributed by atoms with E-state index in [0.29, 0.717) is 0 Å². The van der Waals surface area contributed by atoms with E-state index < -0.39 is 0 Å². The first-order chi connectivity index (χ1) is 10.2. The molecule has 0 unspecified atom stereocenters. The predicted molar refractivity (Wildman–Crippen MR) is 84.6 cm³/mol. The van der Waals surface area contributed by atoms with Gasteiger partial charge in [0.1, 0.15) is 6.33 Å². The molecular weight excluding hydrogens is 262 g/mol. The molecule has 0 bridgehead atoms. The van der Waals surface area contributed by atoms with E-state index in [-0.39, 0.29) is 0 Å². The molecular formula is C16H19N5. The van der Waals surface area contributed by atoms with Crippen LogP contribution in [-0.2, 0) is 13.0 Å². The van der Waals surface area contributed by atoms with Crippen LogP contribution in [0.4, 0.5) is 5.82 Å². The molecule has 0 fully saturated rings. The van der Waals surface area contributed by atoms with Gasteiger partial charge in [0, 0.05) is 14.1 Å². The van der Waals surface area contributed by atoms with E-state index in [1.807, 2.05) is 25.3 Å². The molecule has 108 valence electrons. The van der Waals surface area contributed by atoms with E-state index in [4.69, 9.17) is 0 Å². The van der Waals surface area contributed by atoms with E-state index in [9.17, 15) is 0 Å². The Morgan fingerprint density at radius 1 is 1.10 bits per heavy atom. The van der Waals surface area contributed by atoms with Crippen molar-refractivity contribution in [2.24, 2.45) is 0 Å². The summed E-state index contributed by atoms with van der Waals surface area (Å²) in [5, 5.41) is 0. The molecule has 0 saturated heterocycles. The van der Waals surface area contributed by atoms with Crippen molar-refractivity contribution in [1.29, 1.82) is 0 Å². The minimum Gasteiger partial charge on any atom is -0.361 e. The Balaban J connectivity index is 1.99. The zero-order valence-corrected chi connectivity index (χ0v) is 12.6. The van der Waals surface area contributed by atoms with Gasteiger partial charge in [-0.05, 0) is 17.5 Å². The van der Waals surface area contributed by atoms with E-state index in [1.54, 1.807) is 6.33 Å². The summed E-state index contributed by atoms with van der Waals surface area (Å²) in [6.07, 6.45) is 4.48. The second kappa shape index (κ2) is 5.52. The van der Waals surface area contributed by atoms with Crippen molar-refractivity contribution in [3.63, 3.8) is 0 Å². The van der Waals surface area contributed by atoms with Crippen molar-refractivity contribution in [2.45, 2.75) is 19.9 Å². The predicted octanol–water partition coefficient (Wildman–Crippen LogP) is 2.50. The van der Waals surface area contributed by atoms with Gasteiger partial charge in [-0.25, -0.2) is 15.0 Å². The van der Waals surface area contributed by atoms with Gasteiger partial charge >= 0.3 is 0 Å². The van der Waals surface area contributed by atoms with Crippen molar-refractivity contribution in [1.82, 2.24) is 19.5 Å². The lowest BCUT2D eigenvalue weighted by Crippen LogP contribution is -2.11. The number of imidazole rings is 1. The van der Waals surface area contributed by atoms with Crippen LogP contribution in [0.1, 0.15) is 18.1 Å². The summed E-state index contributed by atoms with van der Waals surface area (Å²) in [6, 6.07) is 8.63. The number of hydrogen-bond acceptors (Lipinski definition) is 4. The summed E-state index contributed by atoms with van der Waals surface area (Å²) in [6.45, 7) is 2.94. The zero-order chi connectivity index (χ0) is 14.8. The summed E-state index contributed by atoms with van der Waals surface area (Å²) in [4.78, 5) is 15.1. The Labute approximate surface area is 124 Å². The van der Waals surface area contributed by atoms with Crippen LogP contribution in [0.15, 0.2) is 36.9 Å². The van der Waals surface area contributed by atoms with Crippen LogP contribution in [-0.4, -0.2) is 33.6 Å². The monoisotopic (exact) mass is 281 g/mol. The maximum atomic E-state index is 4.47. The molecule has 0 saturated carbocycles. The Morgan fingerprint density at radius 3 is 2.67 bits per heavy atom. The lowest BCUT2D eigenvalue weighted by Gasteiger charge is -2.11. The highest BCUT2D eigenvalue weighted by Crippen LogP contribution is 2.20. The van der Waals surface area contributed by atoms with Gasteiger partial charge in [0.05, 0.1) is 12.9 Å². The van der Waals surface area contributed by atoms with Crippen molar-refractivity contribution in [2.75, 3.05) is 19.0 Å². The van der Waals surface area contributed by atoms with E-state index in [2.05, 4.69) is 50.7 Å². The number of aromatic nitrogens is 4. The van der Waals surface area contributed by atoms with Gasteiger partial charge in [-0.1, -0.05) is 31.2 Å².